The van der Waals surface area contributed by atoms with Crippen LogP contribution in [-0.4, -0.2) is 4.57 Å². The van der Waals surface area contributed by atoms with Crippen LogP contribution in [0.2, 0.25) is 0 Å². The molecule has 124 valence electrons. The standard InChI is InChI=1S/C25H19N/c1-26-24-16-15-20(18-9-4-2-5-10-18)17-23(24)22-14-8-13-21(25(22)26)19-11-6-3-7-12-19/h2-17H,1H3. The van der Waals surface area contributed by atoms with Crippen LogP contribution in [0.25, 0.3) is 44.1 Å². The van der Waals surface area contributed by atoms with E-state index in [4.69, 9.17) is 0 Å². The van der Waals surface area contributed by atoms with Gasteiger partial charge < -0.3 is 4.57 Å². The highest BCUT2D eigenvalue weighted by molar-refractivity contribution is 6.13. The average Bonchev–Trinajstić information content (AvgIpc) is 3.01. The highest BCUT2D eigenvalue weighted by atomic mass is 14.9. The van der Waals surface area contributed by atoms with Crippen LogP contribution >= 0.6 is 0 Å². The number of hydrogen-bond acceptors (Lipinski definition) is 0. The summed E-state index contributed by atoms with van der Waals surface area (Å²) in [5, 5.41) is 2.61. The molecule has 0 unspecified atom stereocenters. The van der Waals surface area contributed by atoms with Crippen molar-refractivity contribution < 1.29 is 0 Å². The van der Waals surface area contributed by atoms with Crippen LogP contribution in [-0.2, 0) is 7.05 Å². The van der Waals surface area contributed by atoms with Crippen molar-refractivity contribution in [2.75, 3.05) is 0 Å². The normalized spacial score (nSPS) is 11.3. The Labute approximate surface area is 153 Å². The fraction of sp³-hybridized carbons (Fsp3) is 0.0400. The molecular formula is C25H19N. The van der Waals surface area contributed by atoms with Crippen molar-refractivity contribution in [3.8, 4) is 22.3 Å². The van der Waals surface area contributed by atoms with E-state index in [0.29, 0.717) is 0 Å². The third-order valence-electron chi connectivity index (χ3n) is 5.21. The Hall–Kier alpha value is -3.32. The largest absolute Gasteiger partial charge is 0.343 e. The number of rotatable bonds is 2. The van der Waals surface area contributed by atoms with Crippen molar-refractivity contribution in [1.29, 1.82) is 0 Å². The quantitative estimate of drug-likeness (QED) is 0.340. The van der Waals surface area contributed by atoms with Gasteiger partial charge in [0.15, 0.2) is 0 Å². The summed E-state index contributed by atoms with van der Waals surface area (Å²) in [6.07, 6.45) is 0. The van der Waals surface area contributed by atoms with Gasteiger partial charge in [-0.3, -0.25) is 0 Å². The fourth-order valence-electron chi connectivity index (χ4n) is 3.95. The predicted molar refractivity (Wildman–Crippen MR) is 111 cm³/mol. The van der Waals surface area contributed by atoms with E-state index in [2.05, 4.69) is 109 Å². The van der Waals surface area contributed by atoms with Crippen LogP contribution in [0.4, 0.5) is 0 Å². The minimum atomic E-state index is 1.26. The lowest BCUT2D eigenvalue weighted by atomic mass is 10.0. The first-order valence-corrected chi connectivity index (χ1v) is 8.95. The summed E-state index contributed by atoms with van der Waals surface area (Å²) in [7, 11) is 2.17. The molecule has 0 saturated heterocycles. The Kier molecular flexibility index (Phi) is 3.39. The summed E-state index contributed by atoms with van der Waals surface area (Å²) in [5.74, 6) is 0. The first-order chi connectivity index (χ1) is 12.8. The second-order valence-electron chi connectivity index (χ2n) is 6.72. The van der Waals surface area contributed by atoms with Gasteiger partial charge in [-0.1, -0.05) is 84.9 Å². The lowest BCUT2D eigenvalue weighted by molar-refractivity contribution is 1.02. The molecule has 1 heterocycles. The molecule has 26 heavy (non-hydrogen) atoms. The van der Waals surface area contributed by atoms with E-state index in [9.17, 15) is 0 Å². The molecule has 0 amide bonds. The van der Waals surface area contributed by atoms with Gasteiger partial charge in [0.1, 0.15) is 0 Å². The van der Waals surface area contributed by atoms with E-state index >= 15 is 0 Å². The second kappa shape index (κ2) is 5.89. The maximum Gasteiger partial charge on any atom is 0.0568 e. The van der Waals surface area contributed by atoms with Gasteiger partial charge in [-0.25, -0.2) is 0 Å². The summed E-state index contributed by atoms with van der Waals surface area (Å²) in [6.45, 7) is 0. The van der Waals surface area contributed by atoms with E-state index in [1.807, 2.05) is 0 Å². The Balaban J connectivity index is 1.83. The van der Waals surface area contributed by atoms with E-state index in [0.717, 1.165) is 0 Å². The van der Waals surface area contributed by atoms with Crippen LogP contribution in [0.3, 0.4) is 0 Å². The van der Waals surface area contributed by atoms with Gasteiger partial charge in [0.05, 0.1) is 5.52 Å². The molecule has 0 bridgehead atoms. The molecule has 0 fully saturated rings. The van der Waals surface area contributed by atoms with Gasteiger partial charge in [0, 0.05) is 28.9 Å². The first-order valence-electron chi connectivity index (χ1n) is 8.95. The zero-order valence-electron chi connectivity index (χ0n) is 14.7. The minimum Gasteiger partial charge on any atom is -0.343 e. The van der Waals surface area contributed by atoms with E-state index in [1.165, 1.54) is 44.1 Å². The smallest absolute Gasteiger partial charge is 0.0568 e. The molecule has 1 aromatic heterocycles. The Morgan fingerprint density at radius 2 is 1.23 bits per heavy atom. The van der Waals surface area contributed by atoms with Crippen molar-refractivity contribution in [1.82, 2.24) is 4.57 Å². The zero-order valence-corrected chi connectivity index (χ0v) is 14.7. The molecule has 0 saturated carbocycles. The molecule has 4 aromatic carbocycles. The highest BCUT2D eigenvalue weighted by Crippen LogP contribution is 2.36. The molecule has 1 heteroatoms. The van der Waals surface area contributed by atoms with E-state index < -0.39 is 0 Å². The van der Waals surface area contributed by atoms with Crippen LogP contribution in [0.5, 0.6) is 0 Å². The van der Waals surface area contributed by atoms with Crippen molar-refractivity contribution in [3.05, 3.63) is 97.1 Å². The molecule has 5 aromatic rings. The van der Waals surface area contributed by atoms with Crippen molar-refractivity contribution in [2.45, 2.75) is 0 Å². The van der Waals surface area contributed by atoms with Crippen molar-refractivity contribution in [3.63, 3.8) is 0 Å². The summed E-state index contributed by atoms with van der Waals surface area (Å²) >= 11 is 0. The van der Waals surface area contributed by atoms with Crippen molar-refractivity contribution >= 4 is 21.8 Å². The van der Waals surface area contributed by atoms with Gasteiger partial charge in [0.2, 0.25) is 0 Å². The molecule has 1 nitrogen and oxygen atoms in total. The molecule has 5 rings (SSSR count). The minimum absolute atomic E-state index is 1.26. The maximum absolute atomic E-state index is 2.32. The Morgan fingerprint density at radius 1 is 0.538 bits per heavy atom. The second-order valence-corrected chi connectivity index (χ2v) is 6.72. The molecule has 0 spiro atoms. The van der Waals surface area contributed by atoms with Crippen LogP contribution in [0.15, 0.2) is 97.1 Å². The van der Waals surface area contributed by atoms with Gasteiger partial charge in [-0.15, -0.1) is 0 Å². The maximum atomic E-state index is 2.32. The SMILES string of the molecule is Cn1c2ccc(-c3ccccc3)cc2c2cccc(-c3ccccc3)c21. The first kappa shape index (κ1) is 15.0. The summed E-state index contributed by atoms with van der Waals surface area (Å²) < 4.78 is 2.32. The fourth-order valence-corrected chi connectivity index (χ4v) is 3.95. The number of aromatic nitrogens is 1. The lowest BCUT2D eigenvalue weighted by Gasteiger charge is -2.06. The Morgan fingerprint density at radius 3 is 1.96 bits per heavy atom. The molecule has 0 radical (unpaired) electrons. The van der Waals surface area contributed by atoms with Gasteiger partial charge in [0.25, 0.3) is 0 Å². The Bertz CT molecular complexity index is 1210. The summed E-state index contributed by atoms with van der Waals surface area (Å²) in [5.41, 5.74) is 7.61. The van der Waals surface area contributed by atoms with Crippen LogP contribution in [0.1, 0.15) is 0 Å². The number of aryl methyl sites for hydroxylation is 1. The summed E-state index contributed by atoms with van der Waals surface area (Å²) in [4.78, 5) is 0. The monoisotopic (exact) mass is 333 g/mol. The number of para-hydroxylation sites is 1. The number of fused-ring (bicyclic) bond motifs is 3. The molecule has 0 N–H and O–H groups in total. The molecule has 0 aliphatic heterocycles. The average molecular weight is 333 g/mol. The molecule has 0 aliphatic carbocycles. The predicted octanol–water partition coefficient (Wildman–Crippen LogP) is 6.67. The van der Waals surface area contributed by atoms with E-state index in [-0.39, 0.29) is 0 Å². The number of nitrogens with zero attached hydrogens (tertiary/aromatic N) is 1. The number of hydrogen-bond donors (Lipinski definition) is 0. The van der Waals surface area contributed by atoms with Crippen LogP contribution in [0, 0.1) is 0 Å². The third-order valence-corrected chi connectivity index (χ3v) is 5.21. The topological polar surface area (TPSA) is 4.93 Å². The lowest BCUT2D eigenvalue weighted by Crippen LogP contribution is -1.89. The van der Waals surface area contributed by atoms with Gasteiger partial charge >= 0.3 is 0 Å². The molecule has 0 aliphatic rings. The van der Waals surface area contributed by atoms with Gasteiger partial charge in [-0.2, -0.15) is 0 Å². The van der Waals surface area contributed by atoms with Gasteiger partial charge in [-0.05, 0) is 28.8 Å². The third kappa shape index (κ3) is 2.25. The summed E-state index contributed by atoms with van der Waals surface area (Å²) in [6, 6.07) is 34.6. The molecule has 0 atom stereocenters. The highest BCUT2D eigenvalue weighted by Gasteiger charge is 2.13. The van der Waals surface area contributed by atoms with Crippen LogP contribution < -0.4 is 0 Å². The number of benzene rings is 4. The van der Waals surface area contributed by atoms with E-state index in [1.54, 1.807) is 0 Å². The zero-order chi connectivity index (χ0) is 17.5. The van der Waals surface area contributed by atoms with Crippen molar-refractivity contribution in [2.24, 2.45) is 7.05 Å². The molecular weight excluding hydrogens is 314 g/mol.